The van der Waals surface area contributed by atoms with Crippen molar-refractivity contribution in [3.05, 3.63) is 0 Å². The standard InChI is InChI=1S/C13H28N2O/c1-12(2)10-13(11-16)14-6-5-9-15-7-3-4-8-15/h12-14,16H,3-11H2,1-2H3. The van der Waals surface area contributed by atoms with E-state index in [-0.39, 0.29) is 6.61 Å². The third kappa shape index (κ3) is 5.83. The van der Waals surface area contributed by atoms with E-state index in [1.165, 1.54) is 38.9 Å². The van der Waals surface area contributed by atoms with E-state index in [0.717, 1.165) is 13.0 Å². The van der Waals surface area contributed by atoms with Crippen LogP contribution in [0.25, 0.3) is 0 Å². The van der Waals surface area contributed by atoms with E-state index in [1.54, 1.807) is 0 Å². The minimum absolute atomic E-state index is 0.266. The molecular weight excluding hydrogens is 200 g/mol. The number of aliphatic hydroxyl groups excluding tert-OH is 1. The molecule has 96 valence electrons. The summed E-state index contributed by atoms with van der Waals surface area (Å²) in [6.45, 7) is 9.50. The van der Waals surface area contributed by atoms with Crippen LogP contribution in [0.3, 0.4) is 0 Å². The Labute approximate surface area is 100 Å². The van der Waals surface area contributed by atoms with Crippen molar-refractivity contribution in [2.24, 2.45) is 5.92 Å². The molecule has 16 heavy (non-hydrogen) atoms. The molecular formula is C13H28N2O. The fourth-order valence-corrected chi connectivity index (χ4v) is 2.41. The average molecular weight is 228 g/mol. The monoisotopic (exact) mass is 228 g/mol. The number of nitrogens with zero attached hydrogens (tertiary/aromatic N) is 1. The molecule has 1 aliphatic rings. The van der Waals surface area contributed by atoms with Crippen LogP contribution in [-0.4, -0.2) is 48.8 Å². The summed E-state index contributed by atoms with van der Waals surface area (Å²) in [5.74, 6) is 0.656. The first-order valence-electron chi connectivity index (χ1n) is 6.79. The Hall–Kier alpha value is -0.120. The van der Waals surface area contributed by atoms with Crippen molar-refractivity contribution in [2.45, 2.75) is 45.6 Å². The molecule has 0 bridgehead atoms. The van der Waals surface area contributed by atoms with Gasteiger partial charge in [-0.25, -0.2) is 0 Å². The number of aliphatic hydroxyl groups is 1. The summed E-state index contributed by atoms with van der Waals surface area (Å²) in [5, 5.41) is 12.7. The molecule has 0 saturated carbocycles. The molecule has 0 amide bonds. The minimum atomic E-state index is 0.266. The number of hydrogen-bond donors (Lipinski definition) is 2. The number of hydrogen-bond acceptors (Lipinski definition) is 3. The highest BCUT2D eigenvalue weighted by Crippen LogP contribution is 2.07. The second-order valence-electron chi connectivity index (χ2n) is 5.37. The van der Waals surface area contributed by atoms with Gasteiger partial charge in [-0.15, -0.1) is 0 Å². The minimum Gasteiger partial charge on any atom is -0.395 e. The zero-order chi connectivity index (χ0) is 11.8. The van der Waals surface area contributed by atoms with Crippen molar-refractivity contribution < 1.29 is 5.11 Å². The first-order chi connectivity index (χ1) is 7.72. The van der Waals surface area contributed by atoms with Gasteiger partial charge in [0.25, 0.3) is 0 Å². The van der Waals surface area contributed by atoms with Crippen LogP contribution in [0.2, 0.25) is 0 Å². The second kappa shape index (κ2) is 8.04. The molecule has 2 N–H and O–H groups in total. The van der Waals surface area contributed by atoms with Crippen LogP contribution in [0.1, 0.15) is 39.5 Å². The number of likely N-dealkylation sites (tertiary alicyclic amines) is 1. The van der Waals surface area contributed by atoms with Crippen LogP contribution in [0, 0.1) is 5.92 Å². The molecule has 0 aromatic rings. The molecule has 1 saturated heterocycles. The Bertz CT molecular complexity index is 167. The van der Waals surface area contributed by atoms with E-state index in [9.17, 15) is 5.11 Å². The molecule has 3 heteroatoms. The van der Waals surface area contributed by atoms with Crippen molar-refractivity contribution >= 4 is 0 Å². The molecule has 1 rings (SSSR count). The van der Waals surface area contributed by atoms with E-state index in [2.05, 4.69) is 24.1 Å². The first kappa shape index (κ1) is 13.9. The van der Waals surface area contributed by atoms with Crippen LogP contribution >= 0.6 is 0 Å². The third-order valence-electron chi connectivity index (χ3n) is 3.26. The summed E-state index contributed by atoms with van der Waals surface area (Å²) in [5.41, 5.74) is 0. The zero-order valence-electron chi connectivity index (χ0n) is 10.9. The number of rotatable bonds is 8. The van der Waals surface area contributed by atoms with E-state index < -0.39 is 0 Å². The van der Waals surface area contributed by atoms with Gasteiger partial charge >= 0.3 is 0 Å². The van der Waals surface area contributed by atoms with Crippen LogP contribution in [0.15, 0.2) is 0 Å². The summed E-state index contributed by atoms with van der Waals surface area (Å²) in [7, 11) is 0. The molecule has 0 spiro atoms. The van der Waals surface area contributed by atoms with Gasteiger partial charge < -0.3 is 15.3 Å². The van der Waals surface area contributed by atoms with Crippen LogP contribution < -0.4 is 5.32 Å². The van der Waals surface area contributed by atoms with Crippen molar-refractivity contribution in [1.82, 2.24) is 10.2 Å². The van der Waals surface area contributed by atoms with Crippen molar-refractivity contribution in [2.75, 3.05) is 32.8 Å². The highest BCUT2D eigenvalue weighted by atomic mass is 16.3. The van der Waals surface area contributed by atoms with Gasteiger partial charge in [0.05, 0.1) is 6.61 Å². The summed E-state index contributed by atoms with van der Waals surface area (Å²) < 4.78 is 0. The van der Waals surface area contributed by atoms with Crippen molar-refractivity contribution in [3.63, 3.8) is 0 Å². The molecule has 1 atom stereocenters. The molecule has 1 aliphatic heterocycles. The maximum absolute atomic E-state index is 9.21. The Morgan fingerprint density at radius 2 is 1.94 bits per heavy atom. The average Bonchev–Trinajstić information content (AvgIpc) is 2.74. The Morgan fingerprint density at radius 1 is 1.25 bits per heavy atom. The van der Waals surface area contributed by atoms with Crippen molar-refractivity contribution in [3.8, 4) is 0 Å². The Kier molecular flexibility index (Phi) is 7.01. The predicted molar refractivity (Wildman–Crippen MR) is 68.6 cm³/mol. The van der Waals surface area contributed by atoms with Crippen LogP contribution in [0.4, 0.5) is 0 Å². The van der Waals surface area contributed by atoms with E-state index in [0.29, 0.717) is 12.0 Å². The van der Waals surface area contributed by atoms with Gasteiger partial charge in [-0.2, -0.15) is 0 Å². The van der Waals surface area contributed by atoms with Crippen LogP contribution in [0.5, 0.6) is 0 Å². The zero-order valence-corrected chi connectivity index (χ0v) is 10.9. The lowest BCUT2D eigenvalue weighted by atomic mass is 10.0. The molecule has 1 fully saturated rings. The normalized spacial score (nSPS) is 19.5. The van der Waals surface area contributed by atoms with Gasteiger partial charge in [-0.1, -0.05) is 13.8 Å². The molecule has 0 aliphatic carbocycles. The van der Waals surface area contributed by atoms with Gasteiger partial charge in [0, 0.05) is 6.04 Å². The van der Waals surface area contributed by atoms with E-state index >= 15 is 0 Å². The lowest BCUT2D eigenvalue weighted by Gasteiger charge is -2.19. The smallest absolute Gasteiger partial charge is 0.0584 e. The van der Waals surface area contributed by atoms with E-state index in [4.69, 9.17) is 0 Å². The Morgan fingerprint density at radius 3 is 2.50 bits per heavy atom. The summed E-state index contributed by atoms with van der Waals surface area (Å²) in [6, 6.07) is 0.290. The van der Waals surface area contributed by atoms with Crippen molar-refractivity contribution in [1.29, 1.82) is 0 Å². The summed E-state index contributed by atoms with van der Waals surface area (Å²) >= 11 is 0. The summed E-state index contributed by atoms with van der Waals surface area (Å²) in [6.07, 6.45) is 5.02. The fraction of sp³-hybridized carbons (Fsp3) is 1.00. The third-order valence-corrected chi connectivity index (χ3v) is 3.26. The highest BCUT2D eigenvalue weighted by molar-refractivity contribution is 4.69. The molecule has 1 unspecified atom stereocenters. The van der Waals surface area contributed by atoms with Gasteiger partial charge in [0.1, 0.15) is 0 Å². The summed E-state index contributed by atoms with van der Waals surface area (Å²) in [4.78, 5) is 2.54. The fourth-order valence-electron chi connectivity index (χ4n) is 2.41. The topological polar surface area (TPSA) is 35.5 Å². The molecule has 1 heterocycles. The maximum atomic E-state index is 9.21. The Balaban J connectivity index is 1.99. The first-order valence-corrected chi connectivity index (χ1v) is 6.79. The predicted octanol–water partition coefficient (Wildman–Crippen LogP) is 1.47. The second-order valence-corrected chi connectivity index (χ2v) is 5.37. The quantitative estimate of drug-likeness (QED) is 0.618. The van der Waals surface area contributed by atoms with Gasteiger partial charge in [0.15, 0.2) is 0 Å². The maximum Gasteiger partial charge on any atom is 0.0584 e. The molecule has 0 radical (unpaired) electrons. The SMILES string of the molecule is CC(C)CC(CO)NCCCN1CCCC1. The molecule has 3 nitrogen and oxygen atoms in total. The van der Waals surface area contributed by atoms with Gasteiger partial charge in [0.2, 0.25) is 0 Å². The lowest BCUT2D eigenvalue weighted by molar-refractivity contribution is 0.222. The number of nitrogens with one attached hydrogen (secondary N) is 1. The molecule has 0 aromatic carbocycles. The molecule has 0 aromatic heterocycles. The van der Waals surface area contributed by atoms with Crippen LogP contribution in [-0.2, 0) is 0 Å². The highest BCUT2D eigenvalue weighted by Gasteiger charge is 2.11. The largest absolute Gasteiger partial charge is 0.395 e. The van der Waals surface area contributed by atoms with Gasteiger partial charge in [-0.05, 0) is 57.8 Å². The van der Waals surface area contributed by atoms with Gasteiger partial charge in [-0.3, -0.25) is 0 Å². The lowest BCUT2D eigenvalue weighted by Crippen LogP contribution is -2.35. The van der Waals surface area contributed by atoms with E-state index in [1.807, 2.05) is 0 Å².